The van der Waals surface area contributed by atoms with Gasteiger partial charge in [-0.05, 0) is 78.1 Å². The Bertz CT molecular complexity index is 1340. The summed E-state index contributed by atoms with van der Waals surface area (Å²) in [5.74, 6) is 0.633. The van der Waals surface area contributed by atoms with Crippen LogP contribution in [0.3, 0.4) is 0 Å². The first-order valence-electron chi connectivity index (χ1n) is 9.38. The second-order valence-electron chi connectivity index (χ2n) is 7.26. The van der Waals surface area contributed by atoms with Crippen molar-refractivity contribution in [2.45, 2.75) is 36.8 Å². The van der Waals surface area contributed by atoms with E-state index in [0.29, 0.717) is 26.9 Å². The largest absolute Gasteiger partial charge is 0.423 e. The van der Waals surface area contributed by atoms with Crippen LogP contribution in [0.15, 0.2) is 56.0 Å². The number of halogens is 1. The van der Waals surface area contributed by atoms with Gasteiger partial charge in [0.15, 0.2) is 8.29 Å². The molecule has 0 aliphatic rings. The van der Waals surface area contributed by atoms with Crippen molar-refractivity contribution in [3.63, 3.8) is 0 Å². The topological polar surface area (TPSA) is 48.0 Å². The lowest BCUT2D eigenvalue weighted by atomic mass is 9.95. The van der Waals surface area contributed by atoms with Crippen LogP contribution in [0.1, 0.15) is 36.5 Å². The predicted octanol–water partition coefficient (Wildman–Crippen LogP) is 6.63. The molecule has 0 bridgehead atoms. The Labute approximate surface area is 186 Å². The van der Waals surface area contributed by atoms with Gasteiger partial charge in [-0.3, -0.25) is 0 Å². The second-order valence-corrected chi connectivity index (χ2v) is 10.1. The lowest BCUT2D eigenvalue weighted by Gasteiger charge is -2.12. The number of aryl methyl sites for hydroxylation is 1. The molecule has 0 saturated heterocycles. The molecular formula is C22H19FN2O2S3. The lowest BCUT2D eigenvalue weighted by molar-refractivity contribution is 0.559. The summed E-state index contributed by atoms with van der Waals surface area (Å²) in [7, 11) is 0. The molecule has 0 saturated carbocycles. The maximum Gasteiger partial charge on any atom is 0.336 e. The van der Waals surface area contributed by atoms with E-state index in [-0.39, 0.29) is 11.4 Å². The molecule has 0 N–H and O–H groups in total. The highest BCUT2D eigenvalue weighted by Gasteiger charge is 2.13. The van der Waals surface area contributed by atoms with Crippen LogP contribution >= 0.6 is 35.3 Å². The number of rotatable bonds is 5. The van der Waals surface area contributed by atoms with E-state index in [1.807, 2.05) is 13.0 Å². The SMILES string of the molecule is Cc1cc2oc(=O)cc(CSc3nn(-c4ccc(F)cc4)c(=S)s3)c2cc1C(C)C. The first kappa shape index (κ1) is 21.0. The molecule has 4 aromatic rings. The van der Waals surface area contributed by atoms with Gasteiger partial charge in [0.1, 0.15) is 11.4 Å². The summed E-state index contributed by atoms with van der Waals surface area (Å²) in [5.41, 5.74) is 4.21. The summed E-state index contributed by atoms with van der Waals surface area (Å²) in [6.45, 7) is 6.33. The van der Waals surface area contributed by atoms with Crippen LogP contribution < -0.4 is 5.63 Å². The molecule has 0 radical (unpaired) electrons. The Morgan fingerprint density at radius 1 is 1.23 bits per heavy atom. The zero-order chi connectivity index (χ0) is 21.4. The summed E-state index contributed by atoms with van der Waals surface area (Å²) in [4.78, 5) is 12.1. The first-order chi connectivity index (χ1) is 14.3. The zero-order valence-electron chi connectivity index (χ0n) is 16.6. The molecule has 2 heterocycles. The van der Waals surface area contributed by atoms with Crippen LogP contribution in [0.4, 0.5) is 4.39 Å². The van der Waals surface area contributed by atoms with Crippen LogP contribution in [0, 0.1) is 16.7 Å². The summed E-state index contributed by atoms with van der Waals surface area (Å²) in [5, 5.41) is 5.50. The standard InChI is InChI=1S/C22H19FN2O2S3/c1-12(2)17-10-18-14(9-20(26)27-19(18)8-13(17)3)11-29-21-24-25(22(28)30-21)16-6-4-15(23)5-7-16/h4-10,12H,11H2,1-3H3. The number of benzene rings is 2. The van der Waals surface area contributed by atoms with Crippen LogP contribution in [-0.4, -0.2) is 9.78 Å². The smallest absolute Gasteiger partial charge is 0.336 e. The Hall–Kier alpha value is -2.29. The second kappa shape index (κ2) is 8.45. The molecule has 0 fully saturated rings. The molecule has 30 heavy (non-hydrogen) atoms. The average molecular weight is 459 g/mol. The van der Waals surface area contributed by atoms with Crippen molar-refractivity contribution in [2.24, 2.45) is 0 Å². The molecule has 154 valence electrons. The summed E-state index contributed by atoms with van der Waals surface area (Å²) < 4.78 is 21.6. The number of hydrogen-bond acceptors (Lipinski definition) is 6. The minimum Gasteiger partial charge on any atom is -0.423 e. The normalized spacial score (nSPS) is 11.5. The van der Waals surface area contributed by atoms with Gasteiger partial charge in [0.05, 0.1) is 5.69 Å². The summed E-state index contributed by atoms with van der Waals surface area (Å²) in [6, 6.07) is 11.7. The number of thioether (sulfide) groups is 1. The fourth-order valence-corrected chi connectivity index (χ4v) is 5.69. The van der Waals surface area contributed by atoms with Gasteiger partial charge in [-0.25, -0.2) is 13.9 Å². The van der Waals surface area contributed by atoms with Gasteiger partial charge < -0.3 is 4.42 Å². The third-order valence-electron chi connectivity index (χ3n) is 4.79. The van der Waals surface area contributed by atoms with Crippen LogP contribution in [-0.2, 0) is 5.75 Å². The molecule has 2 aromatic heterocycles. The Morgan fingerprint density at radius 2 is 1.97 bits per heavy atom. The van der Waals surface area contributed by atoms with Crippen molar-refractivity contribution in [2.75, 3.05) is 0 Å². The van der Waals surface area contributed by atoms with Crippen molar-refractivity contribution in [1.29, 1.82) is 0 Å². The maximum absolute atomic E-state index is 13.2. The zero-order valence-corrected chi connectivity index (χ0v) is 19.1. The van der Waals surface area contributed by atoms with Crippen molar-refractivity contribution in [1.82, 2.24) is 9.78 Å². The Morgan fingerprint density at radius 3 is 2.67 bits per heavy atom. The van der Waals surface area contributed by atoms with Crippen LogP contribution in [0.25, 0.3) is 16.7 Å². The fourth-order valence-electron chi connectivity index (χ4n) is 3.34. The minimum absolute atomic E-state index is 0.305. The number of aromatic nitrogens is 2. The van der Waals surface area contributed by atoms with E-state index < -0.39 is 0 Å². The van der Waals surface area contributed by atoms with Gasteiger partial charge >= 0.3 is 5.63 Å². The number of nitrogens with zero attached hydrogens (tertiary/aromatic N) is 2. The molecule has 4 rings (SSSR count). The van der Waals surface area contributed by atoms with Crippen LogP contribution in [0.2, 0.25) is 0 Å². The molecule has 8 heteroatoms. The van der Waals surface area contributed by atoms with E-state index in [1.165, 1.54) is 40.8 Å². The third-order valence-corrected chi connectivity index (χ3v) is 7.20. The highest BCUT2D eigenvalue weighted by atomic mass is 32.2. The number of hydrogen-bond donors (Lipinski definition) is 0. The highest BCUT2D eigenvalue weighted by Crippen LogP contribution is 2.32. The lowest BCUT2D eigenvalue weighted by Crippen LogP contribution is -2.02. The van der Waals surface area contributed by atoms with Gasteiger partial charge in [0, 0.05) is 17.2 Å². The summed E-state index contributed by atoms with van der Waals surface area (Å²) >= 11 is 8.32. The van der Waals surface area contributed by atoms with E-state index in [2.05, 4.69) is 25.0 Å². The summed E-state index contributed by atoms with van der Waals surface area (Å²) in [6.07, 6.45) is 0. The van der Waals surface area contributed by atoms with Crippen molar-refractivity contribution in [3.8, 4) is 5.69 Å². The van der Waals surface area contributed by atoms with Gasteiger partial charge in [0.25, 0.3) is 0 Å². The van der Waals surface area contributed by atoms with Crippen molar-refractivity contribution < 1.29 is 8.81 Å². The quantitative estimate of drug-likeness (QED) is 0.191. The maximum atomic E-state index is 13.2. The van der Waals surface area contributed by atoms with Gasteiger partial charge in [-0.1, -0.05) is 36.9 Å². The molecule has 2 aromatic carbocycles. The van der Waals surface area contributed by atoms with E-state index in [4.69, 9.17) is 16.6 Å². The predicted molar refractivity (Wildman–Crippen MR) is 123 cm³/mol. The van der Waals surface area contributed by atoms with Crippen LogP contribution in [0.5, 0.6) is 0 Å². The minimum atomic E-state index is -0.362. The van der Waals surface area contributed by atoms with Crippen molar-refractivity contribution >= 4 is 46.3 Å². The Balaban J connectivity index is 1.66. The fraction of sp³-hybridized carbons (Fsp3) is 0.227. The molecule has 0 aliphatic heterocycles. The van der Waals surface area contributed by atoms with E-state index in [9.17, 15) is 9.18 Å². The molecule has 4 nitrogen and oxygen atoms in total. The third kappa shape index (κ3) is 4.26. The Kier molecular flexibility index (Phi) is 5.90. The molecule has 0 atom stereocenters. The highest BCUT2D eigenvalue weighted by molar-refractivity contribution is 8.00. The molecular weight excluding hydrogens is 439 g/mol. The molecule has 0 aliphatic carbocycles. The monoisotopic (exact) mass is 458 g/mol. The van der Waals surface area contributed by atoms with E-state index >= 15 is 0 Å². The van der Waals surface area contributed by atoms with E-state index in [0.717, 1.165) is 20.9 Å². The average Bonchev–Trinajstić information content (AvgIpc) is 3.06. The number of fused-ring (bicyclic) bond motifs is 1. The van der Waals surface area contributed by atoms with Gasteiger partial charge in [-0.15, -0.1) is 5.10 Å². The molecule has 0 spiro atoms. The van der Waals surface area contributed by atoms with Gasteiger partial charge in [0.2, 0.25) is 0 Å². The molecule has 0 amide bonds. The van der Waals surface area contributed by atoms with Gasteiger partial charge in [-0.2, -0.15) is 0 Å². The van der Waals surface area contributed by atoms with E-state index in [1.54, 1.807) is 22.9 Å². The van der Waals surface area contributed by atoms with Crippen molar-refractivity contribution in [3.05, 3.63) is 79.3 Å². The first-order valence-corrected chi connectivity index (χ1v) is 11.6. The molecule has 0 unspecified atom stereocenters.